The zero-order valence-electron chi connectivity index (χ0n) is 14.5. The highest BCUT2D eigenvalue weighted by molar-refractivity contribution is 5.13. The molecular formula is C19H30O4. The number of ether oxygens (including phenoxy) is 3. The topological polar surface area (TPSA) is 40.8 Å². The first-order valence-electron chi connectivity index (χ1n) is 8.39. The molecule has 0 saturated heterocycles. The molecule has 0 aliphatic rings. The maximum absolute atomic E-state index is 5.97. The van der Waals surface area contributed by atoms with E-state index >= 15 is 0 Å². The SMILES string of the molecule is C=CCC(OCCCC)c1ccc(C(CC=C)OCOCC)o1. The molecule has 0 bridgehead atoms. The van der Waals surface area contributed by atoms with Gasteiger partial charge in [-0.05, 0) is 38.3 Å². The van der Waals surface area contributed by atoms with Crippen LogP contribution in [-0.2, 0) is 14.2 Å². The third kappa shape index (κ3) is 7.16. The minimum absolute atomic E-state index is 0.0935. The summed E-state index contributed by atoms with van der Waals surface area (Å²) in [5.41, 5.74) is 0. The molecule has 0 amide bonds. The average Bonchev–Trinajstić information content (AvgIpc) is 3.03. The molecule has 0 aliphatic heterocycles. The number of hydrogen-bond donors (Lipinski definition) is 0. The minimum Gasteiger partial charge on any atom is -0.461 e. The van der Waals surface area contributed by atoms with Crippen LogP contribution in [0.4, 0.5) is 0 Å². The molecule has 0 radical (unpaired) electrons. The van der Waals surface area contributed by atoms with Crippen LogP contribution in [0.1, 0.15) is 63.3 Å². The summed E-state index contributed by atoms with van der Waals surface area (Å²) in [6.07, 6.45) is 6.93. The highest BCUT2D eigenvalue weighted by atomic mass is 16.7. The molecule has 4 heteroatoms. The van der Waals surface area contributed by atoms with Crippen LogP contribution in [0, 0.1) is 0 Å². The van der Waals surface area contributed by atoms with E-state index in [1.807, 2.05) is 31.2 Å². The molecule has 1 heterocycles. The Morgan fingerprint density at radius 3 is 2.17 bits per heavy atom. The van der Waals surface area contributed by atoms with Crippen LogP contribution in [0.25, 0.3) is 0 Å². The fourth-order valence-corrected chi connectivity index (χ4v) is 2.13. The highest BCUT2D eigenvalue weighted by Crippen LogP contribution is 2.29. The molecule has 0 spiro atoms. The Balaban J connectivity index is 2.72. The maximum Gasteiger partial charge on any atom is 0.147 e. The molecule has 1 rings (SSSR count). The predicted octanol–water partition coefficient (Wildman–Crippen LogP) is 5.34. The van der Waals surface area contributed by atoms with Crippen LogP contribution in [0.15, 0.2) is 41.9 Å². The summed E-state index contributed by atoms with van der Waals surface area (Å²) < 4.78 is 22.8. The predicted molar refractivity (Wildman–Crippen MR) is 92.3 cm³/mol. The van der Waals surface area contributed by atoms with Crippen molar-refractivity contribution in [2.24, 2.45) is 0 Å². The molecule has 2 unspecified atom stereocenters. The summed E-state index contributed by atoms with van der Waals surface area (Å²) in [6.45, 7) is 13.2. The highest BCUT2D eigenvalue weighted by Gasteiger charge is 2.19. The second-order valence-corrected chi connectivity index (χ2v) is 5.27. The Labute approximate surface area is 140 Å². The number of furan rings is 1. The lowest BCUT2D eigenvalue weighted by atomic mass is 10.2. The van der Waals surface area contributed by atoms with Crippen molar-refractivity contribution in [3.8, 4) is 0 Å². The molecule has 0 fully saturated rings. The van der Waals surface area contributed by atoms with Crippen molar-refractivity contribution in [2.75, 3.05) is 20.0 Å². The molecule has 0 aliphatic carbocycles. The van der Waals surface area contributed by atoms with E-state index in [1.165, 1.54) is 0 Å². The fourth-order valence-electron chi connectivity index (χ4n) is 2.13. The molecular weight excluding hydrogens is 292 g/mol. The minimum atomic E-state index is -0.187. The largest absolute Gasteiger partial charge is 0.461 e. The quantitative estimate of drug-likeness (QED) is 0.263. The molecule has 1 aromatic heterocycles. The first kappa shape index (κ1) is 19.7. The van der Waals surface area contributed by atoms with Crippen molar-refractivity contribution in [3.63, 3.8) is 0 Å². The van der Waals surface area contributed by atoms with Gasteiger partial charge in [0.25, 0.3) is 0 Å². The third-order valence-electron chi connectivity index (χ3n) is 3.42. The Morgan fingerprint density at radius 1 is 1.04 bits per heavy atom. The van der Waals surface area contributed by atoms with Gasteiger partial charge in [0.2, 0.25) is 0 Å². The van der Waals surface area contributed by atoms with E-state index < -0.39 is 0 Å². The van der Waals surface area contributed by atoms with Gasteiger partial charge in [-0.3, -0.25) is 0 Å². The average molecular weight is 322 g/mol. The van der Waals surface area contributed by atoms with Gasteiger partial charge in [0, 0.05) is 13.2 Å². The monoisotopic (exact) mass is 322 g/mol. The summed E-state index contributed by atoms with van der Waals surface area (Å²) in [5, 5.41) is 0. The fraction of sp³-hybridized carbons (Fsp3) is 0.579. The van der Waals surface area contributed by atoms with Crippen LogP contribution in [0.2, 0.25) is 0 Å². The molecule has 0 N–H and O–H groups in total. The van der Waals surface area contributed by atoms with E-state index in [0.717, 1.165) is 37.4 Å². The lowest BCUT2D eigenvalue weighted by Gasteiger charge is -2.16. The van der Waals surface area contributed by atoms with Crippen molar-refractivity contribution < 1.29 is 18.6 Å². The van der Waals surface area contributed by atoms with Gasteiger partial charge in [0.1, 0.15) is 30.5 Å². The van der Waals surface area contributed by atoms with Crippen molar-refractivity contribution in [3.05, 3.63) is 49.0 Å². The van der Waals surface area contributed by atoms with E-state index in [9.17, 15) is 0 Å². The van der Waals surface area contributed by atoms with Crippen LogP contribution in [0.3, 0.4) is 0 Å². The lowest BCUT2D eigenvalue weighted by Crippen LogP contribution is -2.07. The van der Waals surface area contributed by atoms with Gasteiger partial charge in [0.15, 0.2) is 0 Å². The first-order valence-corrected chi connectivity index (χ1v) is 8.39. The smallest absolute Gasteiger partial charge is 0.147 e. The van der Waals surface area contributed by atoms with Gasteiger partial charge in [-0.25, -0.2) is 0 Å². The molecule has 4 nitrogen and oxygen atoms in total. The summed E-state index contributed by atoms with van der Waals surface area (Å²) in [4.78, 5) is 0. The van der Waals surface area contributed by atoms with E-state index in [4.69, 9.17) is 18.6 Å². The van der Waals surface area contributed by atoms with E-state index in [0.29, 0.717) is 13.0 Å². The normalized spacial score (nSPS) is 13.7. The van der Waals surface area contributed by atoms with Gasteiger partial charge in [-0.1, -0.05) is 25.5 Å². The molecule has 0 saturated carbocycles. The molecule has 1 aromatic rings. The first-order chi connectivity index (χ1) is 11.3. The Bertz CT molecular complexity index is 400. The summed E-state index contributed by atoms with van der Waals surface area (Å²) in [6, 6.07) is 3.89. The van der Waals surface area contributed by atoms with Crippen LogP contribution in [0.5, 0.6) is 0 Å². The van der Waals surface area contributed by atoms with Crippen molar-refractivity contribution in [1.82, 2.24) is 0 Å². The Kier molecular flexibility index (Phi) is 10.4. The number of rotatable bonds is 14. The second-order valence-electron chi connectivity index (χ2n) is 5.27. The second kappa shape index (κ2) is 12.1. The van der Waals surface area contributed by atoms with Crippen LogP contribution < -0.4 is 0 Å². The van der Waals surface area contributed by atoms with Gasteiger partial charge in [0.05, 0.1) is 0 Å². The number of hydrogen-bond acceptors (Lipinski definition) is 4. The van der Waals surface area contributed by atoms with Gasteiger partial charge < -0.3 is 18.6 Å². The van der Waals surface area contributed by atoms with Crippen molar-refractivity contribution >= 4 is 0 Å². The summed E-state index contributed by atoms with van der Waals surface area (Å²) in [5.74, 6) is 1.58. The molecule has 23 heavy (non-hydrogen) atoms. The van der Waals surface area contributed by atoms with Gasteiger partial charge in [-0.15, -0.1) is 13.2 Å². The Hall–Kier alpha value is -1.36. The standard InChI is InChI=1S/C19H30O4/c1-5-9-14-21-16(10-6-2)18-12-13-19(23-18)17(11-7-3)22-15-20-8-4/h6-7,12-13,16-17H,2-3,5,8-11,14-15H2,1,4H3. The summed E-state index contributed by atoms with van der Waals surface area (Å²) in [7, 11) is 0. The third-order valence-corrected chi connectivity index (χ3v) is 3.42. The van der Waals surface area contributed by atoms with Crippen molar-refractivity contribution in [2.45, 2.75) is 51.7 Å². The molecule has 130 valence electrons. The summed E-state index contributed by atoms with van der Waals surface area (Å²) >= 11 is 0. The van der Waals surface area contributed by atoms with E-state index in [2.05, 4.69) is 20.1 Å². The lowest BCUT2D eigenvalue weighted by molar-refractivity contribution is -0.0930. The zero-order chi connectivity index (χ0) is 16.9. The van der Waals surface area contributed by atoms with Gasteiger partial charge in [-0.2, -0.15) is 0 Å². The zero-order valence-corrected chi connectivity index (χ0v) is 14.5. The molecule has 2 atom stereocenters. The van der Waals surface area contributed by atoms with E-state index in [-0.39, 0.29) is 19.0 Å². The van der Waals surface area contributed by atoms with Gasteiger partial charge >= 0.3 is 0 Å². The Morgan fingerprint density at radius 2 is 1.65 bits per heavy atom. The van der Waals surface area contributed by atoms with Crippen molar-refractivity contribution in [1.29, 1.82) is 0 Å². The van der Waals surface area contributed by atoms with E-state index in [1.54, 1.807) is 0 Å². The maximum atomic E-state index is 5.97. The number of unbranched alkanes of at least 4 members (excludes halogenated alkanes) is 1. The molecule has 0 aromatic carbocycles. The van der Waals surface area contributed by atoms with Crippen LogP contribution >= 0.6 is 0 Å². The van der Waals surface area contributed by atoms with Crippen LogP contribution in [-0.4, -0.2) is 20.0 Å².